The Labute approximate surface area is 78.0 Å². The Morgan fingerprint density at radius 3 is 2.83 bits per heavy atom. The van der Waals surface area contributed by atoms with Crippen LogP contribution in [0.3, 0.4) is 0 Å². The molecule has 0 aliphatic carbocycles. The fraction of sp³-hybridized carbons (Fsp3) is 0.125. The van der Waals surface area contributed by atoms with Crippen LogP contribution in [0.2, 0.25) is 0 Å². The lowest BCUT2D eigenvalue weighted by Crippen LogP contribution is -1.88. The minimum Gasteiger partial charge on any atom is -0.248 e. The van der Waals surface area contributed by atoms with Crippen LogP contribution in [0.25, 0.3) is 10.9 Å². The van der Waals surface area contributed by atoms with Gasteiger partial charge in [0.1, 0.15) is 10.9 Å². The molecule has 3 nitrogen and oxygen atoms in total. The summed E-state index contributed by atoms with van der Waals surface area (Å²) in [4.78, 5) is 12.2. The molecule has 0 bridgehead atoms. The molecule has 0 radical (unpaired) electrons. The Hall–Kier alpha value is -1.03. The minimum atomic E-state index is 0.795. The van der Waals surface area contributed by atoms with Gasteiger partial charge in [0.25, 0.3) is 0 Å². The molecule has 0 amide bonds. The SMILES string of the molecule is Cc1cnc(Br)c2cncnc12. The van der Waals surface area contributed by atoms with Crippen molar-refractivity contribution in [1.29, 1.82) is 0 Å². The van der Waals surface area contributed by atoms with Crippen LogP contribution in [0.15, 0.2) is 23.3 Å². The van der Waals surface area contributed by atoms with Crippen molar-refractivity contribution >= 4 is 26.8 Å². The molecule has 0 aliphatic heterocycles. The molecule has 0 aromatic carbocycles. The van der Waals surface area contributed by atoms with E-state index in [0.29, 0.717) is 0 Å². The number of hydrogen-bond acceptors (Lipinski definition) is 3. The topological polar surface area (TPSA) is 38.7 Å². The van der Waals surface area contributed by atoms with Gasteiger partial charge in [0.15, 0.2) is 0 Å². The Morgan fingerprint density at radius 1 is 1.25 bits per heavy atom. The van der Waals surface area contributed by atoms with Crippen LogP contribution in [0, 0.1) is 6.92 Å². The van der Waals surface area contributed by atoms with Crippen LogP contribution in [0.4, 0.5) is 0 Å². The molecule has 2 aromatic rings. The monoisotopic (exact) mass is 223 g/mol. The quantitative estimate of drug-likeness (QED) is 0.643. The molecule has 0 spiro atoms. The number of pyridine rings is 1. The molecule has 0 N–H and O–H groups in total. The summed E-state index contributed by atoms with van der Waals surface area (Å²) in [5.74, 6) is 0. The maximum absolute atomic E-state index is 4.16. The highest BCUT2D eigenvalue weighted by molar-refractivity contribution is 9.10. The molecule has 0 saturated heterocycles. The lowest BCUT2D eigenvalue weighted by molar-refractivity contribution is 1.17. The third kappa shape index (κ3) is 1.08. The van der Waals surface area contributed by atoms with Gasteiger partial charge in [-0.3, -0.25) is 0 Å². The molecule has 0 atom stereocenters. The molecule has 12 heavy (non-hydrogen) atoms. The van der Waals surface area contributed by atoms with Gasteiger partial charge in [-0.15, -0.1) is 0 Å². The summed E-state index contributed by atoms with van der Waals surface area (Å²) in [5.41, 5.74) is 2.02. The van der Waals surface area contributed by atoms with Crippen molar-refractivity contribution in [2.75, 3.05) is 0 Å². The smallest absolute Gasteiger partial charge is 0.117 e. The van der Waals surface area contributed by atoms with Gasteiger partial charge < -0.3 is 0 Å². The highest BCUT2D eigenvalue weighted by Crippen LogP contribution is 2.20. The van der Waals surface area contributed by atoms with E-state index in [1.807, 2.05) is 6.92 Å². The van der Waals surface area contributed by atoms with Gasteiger partial charge in [-0.2, -0.15) is 0 Å². The highest BCUT2D eigenvalue weighted by Gasteiger charge is 2.02. The van der Waals surface area contributed by atoms with Gasteiger partial charge in [0, 0.05) is 12.4 Å². The van der Waals surface area contributed by atoms with E-state index >= 15 is 0 Å². The molecule has 0 fully saturated rings. The molecular weight excluding hydrogens is 218 g/mol. The Bertz CT molecular complexity index is 387. The predicted molar refractivity (Wildman–Crippen MR) is 49.8 cm³/mol. The molecule has 0 unspecified atom stereocenters. The van der Waals surface area contributed by atoms with Crippen molar-refractivity contribution in [3.05, 3.63) is 28.9 Å². The fourth-order valence-corrected chi connectivity index (χ4v) is 1.47. The second kappa shape index (κ2) is 2.79. The minimum absolute atomic E-state index is 0.795. The van der Waals surface area contributed by atoms with E-state index in [1.54, 1.807) is 18.7 Å². The Kier molecular flexibility index (Phi) is 1.77. The Balaban J connectivity index is 2.95. The summed E-state index contributed by atoms with van der Waals surface area (Å²) in [7, 11) is 0. The van der Waals surface area contributed by atoms with Gasteiger partial charge in [-0.25, -0.2) is 15.0 Å². The van der Waals surface area contributed by atoms with Crippen LogP contribution in [0.5, 0.6) is 0 Å². The first-order chi connectivity index (χ1) is 5.79. The summed E-state index contributed by atoms with van der Waals surface area (Å²) in [6, 6.07) is 0. The number of nitrogens with zero attached hydrogens (tertiary/aromatic N) is 3. The first kappa shape index (κ1) is 7.61. The van der Waals surface area contributed by atoms with E-state index in [-0.39, 0.29) is 0 Å². The van der Waals surface area contributed by atoms with Crippen molar-refractivity contribution in [2.24, 2.45) is 0 Å². The van der Waals surface area contributed by atoms with Crippen molar-refractivity contribution in [3.63, 3.8) is 0 Å². The van der Waals surface area contributed by atoms with E-state index in [2.05, 4.69) is 30.9 Å². The van der Waals surface area contributed by atoms with E-state index in [0.717, 1.165) is 21.1 Å². The largest absolute Gasteiger partial charge is 0.248 e. The lowest BCUT2D eigenvalue weighted by Gasteiger charge is -1.99. The van der Waals surface area contributed by atoms with Crippen LogP contribution >= 0.6 is 15.9 Å². The summed E-state index contributed by atoms with van der Waals surface area (Å²) in [5, 5.41) is 0.956. The zero-order chi connectivity index (χ0) is 8.55. The van der Waals surface area contributed by atoms with Crippen LogP contribution < -0.4 is 0 Å². The molecule has 2 heterocycles. The number of fused-ring (bicyclic) bond motifs is 1. The van der Waals surface area contributed by atoms with Crippen LogP contribution in [-0.4, -0.2) is 15.0 Å². The van der Waals surface area contributed by atoms with Gasteiger partial charge in [0.2, 0.25) is 0 Å². The van der Waals surface area contributed by atoms with Crippen molar-refractivity contribution < 1.29 is 0 Å². The van der Waals surface area contributed by atoms with E-state index in [1.165, 1.54) is 0 Å². The summed E-state index contributed by atoms with van der Waals surface area (Å²) >= 11 is 3.34. The third-order valence-corrected chi connectivity index (χ3v) is 2.31. The standard InChI is InChI=1S/C8H6BrN3/c1-5-2-11-8(9)6-3-10-4-12-7(5)6/h2-4H,1H3. The van der Waals surface area contributed by atoms with Crippen LogP contribution in [0.1, 0.15) is 5.56 Å². The van der Waals surface area contributed by atoms with Gasteiger partial charge >= 0.3 is 0 Å². The average Bonchev–Trinajstić information content (AvgIpc) is 2.12. The zero-order valence-electron chi connectivity index (χ0n) is 6.45. The van der Waals surface area contributed by atoms with Crippen LogP contribution in [-0.2, 0) is 0 Å². The van der Waals surface area contributed by atoms with E-state index in [4.69, 9.17) is 0 Å². The molecule has 2 aromatic heterocycles. The maximum atomic E-state index is 4.16. The van der Waals surface area contributed by atoms with Crippen molar-refractivity contribution in [2.45, 2.75) is 6.92 Å². The molecule has 0 aliphatic rings. The van der Waals surface area contributed by atoms with Crippen molar-refractivity contribution in [3.8, 4) is 0 Å². The normalized spacial score (nSPS) is 10.5. The molecule has 2 rings (SSSR count). The van der Waals surface area contributed by atoms with Gasteiger partial charge in [-0.05, 0) is 28.4 Å². The number of rotatable bonds is 0. The first-order valence-corrected chi connectivity index (χ1v) is 4.29. The molecular formula is C8H6BrN3. The molecule has 4 heteroatoms. The molecule has 0 saturated carbocycles. The average molecular weight is 224 g/mol. The number of aryl methyl sites for hydroxylation is 1. The first-order valence-electron chi connectivity index (χ1n) is 3.50. The molecule has 60 valence electrons. The second-order valence-corrected chi connectivity index (χ2v) is 3.27. The van der Waals surface area contributed by atoms with Crippen molar-refractivity contribution in [1.82, 2.24) is 15.0 Å². The number of aromatic nitrogens is 3. The third-order valence-electron chi connectivity index (χ3n) is 1.68. The van der Waals surface area contributed by atoms with Gasteiger partial charge in [-0.1, -0.05) is 0 Å². The van der Waals surface area contributed by atoms with E-state index < -0.39 is 0 Å². The second-order valence-electron chi connectivity index (χ2n) is 2.52. The highest BCUT2D eigenvalue weighted by atomic mass is 79.9. The number of halogens is 1. The lowest BCUT2D eigenvalue weighted by atomic mass is 10.2. The maximum Gasteiger partial charge on any atom is 0.117 e. The van der Waals surface area contributed by atoms with E-state index in [9.17, 15) is 0 Å². The summed E-state index contributed by atoms with van der Waals surface area (Å²) < 4.78 is 0.795. The summed E-state index contributed by atoms with van der Waals surface area (Å²) in [6.45, 7) is 1.98. The fourth-order valence-electron chi connectivity index (χ4n) is 1.08. The summed E-state index contributed by atoms with van der Waals surface area (Å²) in [6.07, 6.45) is 5.09. The number of hydrogen-bond donors (Lipinski definition) is 0. The zero-order valence-corrected chi connectivity index (χ0v) is 8.04. The Morgan fingerprint density at radius 2 is 2.08 bits per heavy atom. The van der Waals surface area contributed by atoms with Gasteiger partial charge in [0.05, 0.1) is 10.9 Å². The predicted octanol–water partition coefficient (Wildman–Crippen LogP) is 2.10.